The Bertz CT molecular complexity index is 145. The predicted molar refractivity (Wildman–Crippen MR) is 62.5 cm³/mol. The van der Waals surface area contributed by atoms with Gasteiger partial charge in [0.05, 0.1) is 6.61 Å². The van der Waals surface area contributed by atoms with Crippen molar-refractivity contribution < 1.29 is 4.74 Å². The molecule has 2 nitrogen and oxygen atoms in total. The third-order valence-corrected chi connectivity index (χ3v) is 2.45. The fourth-order valence-corrected chi connectivity index (χ4v) is 1.43. The van der Waals surface area contributed by atoms with Crippen LogP contribution in [0.15, 0.2) is 12.7 Å². The number of methoxy groups -OCH3 is 1. The normalized spacial score (nSPS) is 15.5. The average molecular weight is 199 g/mol. The van der Waals surface area contributed by atoms with E-state index in [-0.39, 0.29) is 0 Å². The first kappa shape index (κ1) is 13.7. The van der Waals surface area contributed by atoms with Gasteiger partial charge in [0.25, 0.3) is 0 Å². The molecule has 0 aromatic heterocycles. The molecule has 2 atom stereocenters. The summed E-state index contributed by atoms with van der Waals surface area (Å²) in [4.78, 5) is 0. The molecule has 0 amide bonds. The maximum absolute atomic E-state index is 5.19. The van der Waals surface area contributed by atoms with Crippen LogP contribution in [0.1, 0.15) is 33.6 Å². The number of rotatable bonds is 8. The highest BCUT2D eigenvalue weighted by Gasteiger charge is 2.14. The van der Waals surface area contributed by atoms with E-state index in [1.54, 1.807) is 7.11 Å². The fraction of sp³-hybridized carbons (Fsp3) is 0.833. The summed E-state index contributed by atoms with van der Waals surface area (Å²) in [5.74, 6) is 0.612. The Morgan fingerprint density at radius 3 is 2.43 bits per heavy atom. The van der Waals surface area contributed by atoms with E-state index in [0.717, 1.165) is 19.4 Å². The maximum atomic E-state index is 5.19. The second kappa shape index (κ2) is 8.01. The summed E-state index contributed by atoms with van der Waals surface area (Å²) in [5.41, 5.74) is 0. The molecular formula is C12H25NO. The number of hydrogen-bond acceptors (Lipinski definition) is 2. The number of nitrogens with one attached hydrogen (secondary N) is 1. The van der Waals surface area contributed by atoms with Gasteiger partial charge in [-0.05, 0) is 25.7 Å². The molecule has 0 aromatic carbocycles. The van der Waals surface area contributed by atoms with E-state index in [4.69, 9.17) is 4.74 Å². The van der Waals surface area contributed by atoms with Crippen LogP contribution in [0.4, 0.5) is 0 Å². The highest BCUT2D eigenvalue weighted by Crippen LogP contribution is 2.05. The number of ether oxygens (including phenoxy) is 1. The minimum absolute atomic E-state index is 0.458. The quantitative estimate of drug-likeness (QED) is 0.607. The van der Waals surface area contributed by atoms with Crippen LogP contribution >= 0.6 is 0 Å². The Balaban J connectivity index is 3.82. The van der Waals surface area contributed by atoms with Crippen LogP contribution in [-0.4, -0.2) is 25.8 Å². The Morgan fingerprint density at radius 1 is 1.36 bits per heavy atom. The smallest absolute Gasteiger partial charge is 0.0618 e. The van der Waals surface area contributed by atoms with Crippen LogP contribution in [0.2, 0.25) is 0 Å². The molecule has 1 N–H and O–H groups in total. The monoisotopic (exact) mass is 199 g/mol. The molecule has 0 aliphatic carbocycles. The molecule has 0 fully saturated rings. The van der Waals surface area contributed by atoms with E-state index < -0.39 is 0 Å². The second-order valence-corrected chi connectivity index (χ2v) is 4.24. The first-order chi connectivity index (χ1) is 6.61. The van der Waals surface area contributed by atoms with Crippen molar-refractivity contribution in [3.05, 3.63) is 12.7 Å². The lowest BCUT2D eigenvalue weighted by molar-refractivity contribution is 0.141. The highest BCUT2D eigenvalue weighted by molar-refractivity contribution is 4.76. The zero-order chi connectivity index (χ0) is 11.0. The van der Waals surface area contributed by atoms with Gasteiger partial charge in [0.1, 0.15) is 0 Å². The molecule has 0 rings (SSSR count). The van der Waals surface area contributed by atoms with Gasteiger partial charge in [0.15, 0.2) is 0 Å². The van der Waals surface area contributed by atoms with Gasteiger partial charge < -0.3 is 10.1 Å². The number of hydrogen-bond donors (Lipinski definition) is 1. The zero-order valence-electron chi connectivity index (χ0n) is 10.0. The van der Waals surface area contributed by atoms with E-state index >= 15 is 0 Å². The highest BCUT2D eigenvalue weighted by atomic mass is 16.5. The van der Waals surface area contributed by atoms with Crippen molar-refractivity contribution in [1.29, 1.82) is 0 Å². The summed E-state index contributed by atoms with van der Waals surface area (Å²) in [5, 5.41) is 3.58. The zero-order valence-corrected chi connectivity index (χ0v) is 10.0. The van der Waals surface area contributed by atoms with E-state index in [1.165, 1.54) is 0 Å². The molecule has 0 aliphatic rings. The molecule has 0 bridgehead atoms. The van der Waals surface area contributed by atoms with Gasteiger partial charge in [-0.1, -0.05) is 19.9 Å². The largest absolute Gasteiger partial charge is 0.383 e. The molecule has 0 saturated carbocycles. The van der Waals surface area contributed by atoms with Gasteiger partial charge >= 0.3 is 0 Å². The lowest BCUT2D eigenvalue weighted by atomic mass is 10.0. The van der Waals surface area contributed by atoms with Gasteiger partial charge in [0.2, 0.25) is 0 Å². The Kier molecular flexibility index (Phi) is 7.81. The van der Waals surface area contributed by atoms with Crippen molar-refractivity contribution in [3.8, 4) is 0 Å². The SMILES string of the molecule is C=CCCC(C)NC(COC)C(C)C. The third-order valence-electron chi connectivity index (χ3n) is 2.45. The van der Waals surface area contributed by atoms with Crippen LogP contribution in [0.5, 0.6) is 0 Å². The van der Waals surface area contributed by atoms with Gasteiger partial charge in [-0.15, -0.1) is 6.58 Å². The molecule has 2 unspecified atom stereocenters. The average Bonchev–Trinajstić information content (AvgIpc) is 2.14. The first-order valence-corrected chi connectivity index (χ1v) is 5.47. The lowest BCUT2D eigenvalue weighted by Gasteiger charge is -2.25. The van der Waals surface area contributed by atoms with Crippen LogP contribution in [-0.2, 0) is 4.74 Å². The van der Waals surface area contributed by atoms with Crippen molar-refractivity contribution in [3.63, 3.8) is 0 Å². The molecule has 14 heavy (non-hydrogen) atoms. The van der Waals surface area contributed by atoms with Gasteiger partial charge in [0, 0.05) is 19.2 Å². The van der Waals surface area contributed by atoms with Crippen molar-refractivity contribution in [2.45, 2.75) is 45.7 Å². The molecular weight excluding hydrogens is 174 g/mol. The first-order valence-electron chi connectivity index (χ1n) is 5.47. The Labute approximate surface area is 88.7 Å². The summed E-state index contributed by atoms with van der Waals surface area (Å²) in [6, 6.07) is 0.996. The Morgan fingerprint density at radius 2 is 2.00 bits per heavy atom. The minimum Gasteiger partial charge on any atom is -0.383 e. The third kappa shape index (κ3) is 6.17. The van der Waals surface area contributed by atoms with Gasteiger partial charge in [-0.25, -0.2) is 0 Å². The summed E-state index contributed by atoms with van der Waals surface area (Å²) >= 11 is 0. The molecule has 0 radical (unpaired) electrons. The van der Waals surface area contributed by atoms with Crippen LogP contribution < -0.4 is 5.32 Å². The molecule has 84 valence electrons. The van der Waals surface area contributed by atoms with Crippen molar-refractivity contribution in [2.75, 3.05) is 13.7 Å². The lowest BCUT2D eigenvalue weighted by Crippen LogP contribution is -2.42. The fourth-order valence-electron chi connectivity index (χ4n) is 1.43. The van der Waals surface area contributed by atoms with E-state index in [1.807, 2.05) is 6.08 Å². The Hall–Kier alpha value is -0.340. The topological polar surface area (TPSA) is 21.3 Å². The molecule has 0 aromatic rings. The second-order valence-electron chi connectivity index (χ2n) is 4.24. The minimum atomic E-state index is 0.458. The van der Waals surface area contributed by atoms with Crippen LogP contribution in [0.25, 0.3) is 0 Å². The van der Waals surface area contributed by atoms with Crippen molar-refractivity contribution >= 4 is 0 Å². The van der Waals surface area contributed by atoms with Crippen molar-refractivity contribution in [1.82, 2.24) is 5.32 Å². The summed E-state index contributed by atoms with van der Waals surface area (Å²) in [7, 11) is 1.76. The van der Waals surface area contributed by atoms with E-state index in [2.05, 4.69) is 32.7 Å². The molecule has 0 spiro atoms. The molecule has 0 saturated heterocycles. The summed E-state index contributed by atoms with van der Waals surface area (Å²) in [6.45, 7) is 11.2. The van der Waals surface area contributed by atoms with Crippen molar-refractivity contribution in [2.24, 2.45) is 5.92 Å². The predicted octanol–water partition coefficient (Wildman–Crippen LogP) is 2.60. The van der Waals surface area contributed by atoms with Gasteiger partial charge in [-0.2, -0.15) is 0 Å². The summed E-state index contributed by atoms with van der Waals surface area (Å²) in [6.07, 6.45) is 4.20. The van der Waals surface area contributed by atoms with Gasteiger partial charge in [-0.3, -0.25) is 0 Å². The van der Waals surface area contributed by atoms with E-state index in [9.17, 15) is 0 Å². The van der Waals surface area contributed by atoms with Crippen LogP contribution in [0, 0.1) is 5.92 Å². The van der Waals surface area contributed by atoms with E-state index in [0.29, 0.717) is 18.0 Å². The number of allylic oxidation sites excluding steroid dienone is 1. The molecule has 0 aliphatic heterocycles. The standard InChI is InChI=1S/C12H25NO/c1-6-7-8-11(4)13-12(9-14-5)10(2)3/h6,10-13H,1,7-9H2,2-5H3. The van der Waals surface area contributed by atoms with Crippen LogP contribution in [0.3, 0.4) is 0 Å². The summed E-state index contributed by atoms with van der Waals surface area (Å²) < 4.78 is 5.19. The molecule has 2 heteroatoms. The maximum Gasteiger partial charge on any atom is 0.0618 e. The molecule has 0 heterocycles.